The van der Waals surface area contributed by atoms with Crippen molar-refractivity contribution < 1.29 is 19.5 Å². The van der Waals surface area contributed by atoms with Crippen LogP contribution in [0.5, 0.6) is 0 Å². The van der Waals surface area contributed by atoms with Crippen LogP contribution < -0.4 is 5.32 Å². The number of hydrogen-bond donors (Lipinski definition) is 2. The molecule has 2 rings (SSSR count). The van der Waals surface area contributed by atoms with Crippen molar-refractivity contribution in [2.75, 3.05) is 5.32 Å². The van der Waals surface area contributed by atoms with E-state index in [0.29, 0.717) is 0 Å². The van der Waals surface area contributed by atoms with Crippen molar-refractivity contribution in [2.24, 2.45) is 5.92 Å². The number of carbonyl (C=O) groups excluding carboxylic acids is 2. The molecule has 2 heterocycles. The minimum atomic E-state index is -1.67. The minimum absolute atomic E-state index is 0.116. The average molecular weight is 206 g/mol. The van der Waals surface area contributed by atoms with Crippen molar-refractivity contribution >= 4 is 23.5 Å². The molecule has 6 nitrogen and oxygen atoms in total. The molecule has 1 atom stereocenters. The van der Waals surface area contributed by atoms with E-state index in [0.717, 1.165) is 0 Å². The highest BCUT2D eigenvalue weighted by Gasteiger charge is 2.40. The Hall–Kier alpha value is -2.24. The second kappa shape index (κ2) is 3.16. The fraction of sp³-hybridized carbons (Fsp3) is 0.111. The van der Waals surface area contributed by atoms with E-state index < -0.39 is 23.6 Å². The number of fused-ring (bicyclic) bond motifs is 1. The smallest absolute Gasteiger partial charge is 0.324 e. The molecular formula is C9H6N2O4. The Balaban J connectivity index is 2.52. The maximum absolute atomic E-state index is 11.6. The predicted octanol–water partition coefficient (Wildman–Crippen LogP) is -0.0828. The zero-order valence-electron chi connectivity index (χ0n) is 7.43. The van der Waals surface area contributed by atoms with Crippen LogP contribution in [0.1, 0.15) is 10.4 Å². The molecule has 0 spiro atoms. The van der Waals surface area contributed by atoms with Crippen LogP contribution in [0.25, 0.3) is 0 Å². The number of hydrogen-bond acceptors (Lipinski definition) is 4. The highest BCUT2D eigenvalue weighted by Crippen LogP contribution is 2.22. The van der Waals surface area contributed by atoms with E-state index >= 15 is 0 Å². The van der Waals surface area contributed by atoms with Gasteiger partial charge in [0.2, 0.25) is 5.91 Å². The molecule has 1 aromatic rings. The number of Topliss-reactive ketones (excluding diaryl/α,β-unsaturated/α-hetero) is 1. The summed E-state index contributed by atoms with van der Waals surface area (Å²) in [6.07, 6.45) is 1.41. The van der Waals surface area contributed by atoms with E-state index in [4.69, 9.17) is 5.11 Å². The second-order valence-corrected chi connectivity index (χ2v) is 3.02. The Morgan fingerprint density at radius 2 is 2.20 bits per heavy atom. The molecular weight excluding hydrogens is 200 g/mol. The van der Waals surface area contributed by atoms with Crippen LogP contribution in [0.15, 0.2) is 18.3 Å². The SMILES string of the molecule is O=C(O)C1C(=O)Nc2ncccc2C1=O. The van der Waals surface area contributed by atoms with E-state index in [1.165, 1.54) is 18.3 Å². The van der Waals surface area contributed by atoms with Gasteiger partial charge in [0, 0.05) is 6.20 Å². The zero-order chi connectivity index (χ0) is 11.0. The first-order valence-corrected chi connectivity index (χ1v) is 4.14. The van der Waals surface area contributed by atoms with Gasteiger partial charge in [-0.25, -0.2) is 4.98 Å². The lowest BCUT2D eigenvalue weighted by Gasteiger charge is -2.19. The van der Waals surface area contributed by atoms with Gasteiger partial charge in [-0.1, -0.05) is 0 Å². The molecule has 0 aliphatic carbocycles. The van der Waals surface area contributed by atoms with Gasteiger partial charge in [0.05, 0.1) is 5.56 Å². The lowest BCUT2D eigenvalue weighted by atomic mass is 9.94. The van der Waals surface area contributed by atoms with Crippen molar-refractivity contribution in [2.45, 2.75) is 0 Å². The summed E-state index contributed by atoms with van der Waals surface area (Å²) in [7, 11) is 0. The largest absolute Gasteiger partial charge is 0.480 e. The zero-order valence-corrected chi connectivity index (χ0v) is 7.43. The summed E-state index contributed by atoms with van der Waals surface area (Å²) in [4.78, 5) is 37.3. The van der Waals surface area contributed by atoms with Gasteiger partial charge in [-0.2, -0.15) is 0 Å². The molecule has 1 aliphatic rings. The summed E-state index contributed by atoms with van der Waals surface area (Å²) in [6, 6.07) is 2.94. The number of aromatic nitrogens is 1. The lowest BCUT2D eigenvalue weighted by Crippen LogP contribution is -2.40. The number of ketones is 1. The third-order valence-electron chi connectivity index (χ3n) is 2.09. The maximum Gasteiger partial charge on any atom is 0.324 e. The fourth-order valence-electron chi connectivity index (χ4n) is 1.39. The first-order chi connectivity index (χ1) is 7.11. The number of amides is 1. The molecule has 0 radical (unpaired) electrons. The molecule has 6 heteroatoms. The van der Waals surface area contributed by atoms with Gasteiger partial charge in [-0.05, 0) is 12.1 Å². The summed E-state index contributed by atoms with van der Waals surface area (Å²) in [6.45, 7) is 0. The highest BCUT2D eigenvalue weighted by atomic mass is 16.4. The average Bonchev–Trinajstić information content (AvgIpc) is 2.17. The predicted molar refractivity (Wildman–Crippen MR) is 48.3 cm³/mol. The third kappa shape index (κ3) is 1.35. The van der Waals surface area contributed by atoms with Gasteiger partial charge in [-0.15, -0.1) is 0 Å². The van der Waals surface area contributed by atoms with Crippen LogP contribution >= 0.6 is 0 Å². The number of rotatable bonds is 1. The molecule has 1 unspecified atom stereocenters. The molecule has 2 N–H and O–H groups in total. The van der Waals surface area contributed by atoms with Crippen LogP contribution in [0, 0.1) is 5.92 Å². The Morgan fingerprint density at radius 1 is 1.47 bits per heavy atom. The highest BCUT2D eigenvalue weighted by molar-refractivity contribution is 6.28. The maximum atomic E-state index is 11.6. The summed E-state index contributed by atoms with van der Waals surface area (Å²) < 4.78 is 0. The van der Waals surface area contributed by atoms with Gasteiger partial charge >= 0.3 is 5.97 Å². The first-order valence-electron chi connectivity index (χ1n) is 4.14. The Kier molecular flexibility index (Phi) is 1.96. The molecule has 0 bridgehead atoms. The first kappa shape index (κ1) is 9.32. The molecule has 15 heavy (non-hydrogen) atoms. The van der Waals surface area contributed by atoms with Crippen LogP contribution in [0.3, 0.4) is 0 Å². The summed E-state index contributed by atoms with van der Waals surface area (Å²) in [5.74, 6) is -4.58. The van der Waals surface area contributed by atoms with Gasteiger partial charge in [0.15, 0.2) is 11.7 Å². The number of nitrogens with zero attached hydrogens (tertiary/aromatic N) is 1. The van der Waals surface area contributed by atoms with Crippen molar-refractivity contribution in [3.63, 3.8) is 0 Å². The van der Waals surface area contributed by atoms with Gasteiger partial charge in [-0.3, -0.25) is 14.4 Å². The number of carboxylic acids is 1. The summed E-state index contributed by atoms with van der Waals surface area (Å²) in [5, 5.41) is 11.0. The quantitative estimate of drug-likeness (QED) is 0.626. The Labute approximate surface area is 83.9 Å². The molecule has 0 saturated heterocycles. The molecule has 0 fully saturated rings. The molecule has 1 aromatic heterocycles. The third-order valence-corrected chi connectivity index (χ3v) is 2.09. The Morgan fingerprint density at radius 3 is 2.87 bits per heavy atom. The number of anilines is 1. The van der Waals surface area contributed by atoms with E-state index in [2.05, 4.69) is 10.3 Å². The van der Waals surface area contributed by atoms with Crippen LogP contribution in [-0.2, 0) is 9.59 Å². The monoisotopic (exact) mass is 206 g/mol. The number of nitrogens with one attached hydrogen (secondary N) is 1. The molecule has 0 saturated carbocycles. The minimum Gasteiger partial charge on any atom is -0.480 e. The van der Waals surface area contributed by atoms with Gasteiger partial charge in [0.1, 0.15) is 5.82 Å². The summed E-state index contributed by atoms with van der Waals surface area (Å²) >= 11 is 0. The number of carbonyl (C=O) groups is 3. The van der Waals surface area contributed by atoms with Crippen molar-refractivity contribution in [1.29, 1.82) is 0 Å². The van der Waals surface area contributed by atoms with Gasteiger partial charge in [0.25, 0.3) is 0 Å². The standard InChI is InChI=1S/C9H6N2O4/c12-6-4-2-1-3-10-7(4)11-8(13)5(6)9(14)15/h1-3,5H,(H,14,15)(H,10,11,13). The van der Waals surface area contributed by atoms with Crippen molar-refractivity contribution in [1.82, 2.24) is 4.98 Å². The van der Waals surface area contributed by atoms with E-state index in [9.17, 15) is 14.4 Å². The topological polar surface area (TPSA) is 96.4 Å². The fourth-order valence-corrected chi connectivity index (χ4v) is 1.39. The van der Waals surface area contributed by atoms with E-state index in [-0.39, 0.29) is 11.4 Å². The molecule has 0 aromatic carbocycles. The van der Waals surface area contributed by atoms with E-state index in [1.54, 1.807) is 0 Å². The lowest BCUT2D eigenvalue weighted by molar-refractivity contribution is -0.143. The number of aliphatic carboxylic acids is 1. The number of pyridine rings is 1. The summed E-state index contributed by atoms with van der Waals surface area (Å²) in [5.41, 5.74) is 0.129. The van der Waals surface area contributed by atoms with Crippen molar-refractivity contribution in [3.8, 4) is 0 Å². The number of carboxylic acid groups (broad SMARTS) is 1. The normalized spacial score (nSPS) is 19.3. The molecule has 1 amide bonds. The van der Waals surface area contributed by atoms with Gasteiger partial charge < -0.3 is 10.4 Å². The Bertz CT molecular complexity index is 469. The van der Waals surface area contributed by atoms with Crippen molar-refractivity contribution in [3.05, 3.63) is 23.9 Å². The molecule has 76 valence electrons. The van der Waals surface area contributed by atoms with Crippen LogP contribution in [0.4, 0.5) is 5.82 Å². The molecule has 1 aliphatic heterocycles. The van der Waals surface area contributed by atoms with E-state index in [1.807, 2.05) is 0 Å². The van der Waals surface area contributed by atoms with Crippen LogP contribution in [-0.4, -0.2) is 27.8 Å². The second-order valence-electron chi connectivity index (χ2n) is 3.02. The van der Waals surface area contributed by atoms with Crippen LogP contribution in [0.2, 0.25) is 0 Å².